The number of aromatic nitrogens is 1. The first-order valence-corrected chi connectivity index (χ1v) is 13.2. The van der Waals surface area contributed by atoms with Crippen molar-refractivity contribution >= 4 is 38.2 Å². The van der Waals surface area contributed by atoms with Crippen LogP contribution in [-0.4, -0.2) is 42.8 Å². The third kappa shape index (κ3) is 4.71. The summed E-state index contributed by atoms with van der Waals surface area (Å²) < 4.78 is 29.6. The Labute approximate surface area is 187 Å². The molecule has 2 aromatic heterocycles. The smallest absolute Gasteiger partial charge is 0.243 e. The number of amides is 1. The average Bonchev–Trinajstić information content (AvgIpc) is 3.45. The Bertz CT molecular complexity index is 1130. The molecule has 8 heteroatoms. The second-order valence-corrected chi connectivity index (χ2v) is 10.9. The van der Waals surface area contributed by atoms with Gasteiger partial charge in [-0.25, -0.2) is 8.42 Å². The molecule has 31 heavy (non-hydrogen) atoms. The van der Waals surface area contributed by atoms with E-state index in [4.69, 9.17) is 0 Å². The Morgan fingerprint density at radius 2 is 1.97 bits per heavy atom. The standard InChI is InChI=1S/C23H29N3O3S2/c1-2-21(23(27)24-12-10-19-7-6-16-30-19)26-15-11-18-17-20(8-9-22(18)26)31(28,29)25-13-4-3-5-14-25/h6-9,11,15-17,21H,2-5,10,12-14H2,1H3,(H,24,27). The molecule has 166 valence electrons. The Morgan fingerprint density at radius 1 is 1.16 bits per heavy atom. The van der Waals surface area contributed by atoms with E-state index in [2.05, 4.69) is 11.4 Å². The second-order valence-electron chi connectivity index (χ2n) is 7.95. The topological polar surface area (TPSA) is 71.4 Å². The van der Waals surface area contributed by atoms with Gasteiger partial charge in [0.15, 0.2) is 0 Å². The molecule has 0 aliphatic carbocycles. The van der Waals surface area contributed by atoms with Crippen LogP contribution >= 0.6 is 11.3 Å². The second kappa shape index (κ2) is 9.54. The van der Waals surface area contributed by atoms with Gasteiger partial charge in [0, 0.05) is 41.6 Å². The highest BCUT2D eigenvalue weighted by molar-refractivity contribution is 7.89. The van der Waals surface area contributed by atoms with E-state index in [0.717, 1.165) is 36.6 Å². The number of nitrogens with zero attached hydrogens (tertiary/aromatic N) is 2. The first-order chi connectivity index (χ1) is 15.0. The number of hydrogen-bond acceptors (Lipinski definition) is 4. The van der Waals surface area contributed by atoms with Gasteiger partial charge in [0.1, 0.15) is 6.04 Å². The van der Waals surface area contributed by atoms with Gasteiger partial charge in [0.2, 0.25) is 15.9 Å². The van der Waals surface area contributed by atoms with E-state index in [0.29, 0.717) is 31.0 Å². The molecule has 1 aliphatic heterocycles. The minimum Gasteiger partial charge on any atom is -0.354 e. The summed E-state index contributed by atoms with van der Waals surface area (Å²) in [6, 6.07) is 10.9. The molecule has 0 bridgehead atoms. The molecule has 1 atom stereocenters. The maximum absolute atomic E-state index is 13.0. The highest BCUT2D eigenvalue weighted by atomic mass is 32.2. The zero-order valence-electron chi connectivity index (χ0n) is 17.8. The van der Waals surface area contributed by atoms with Crippen LogP contribution < -0.4 is 5.32 Å². The monoisotopic (exact) mass is 459 g/mol. The van der Waals surface area contributed by atoms with E-state index in [1.54, 1.807) is 27.8 Å². The highest BCUT2D eigenvalue weighted by Gasteiger charge is 2.27. The van der Waals surface area contributed by atoms with Gasteiger partial charge in [0.05, 0.1) is 4.90 Å². The molecular formula is C23H29N3O3S2. The minimum absolute atomic E-state index is 0.0124. The quantitative estimate of drug-likeness (QED) is 0.549. The van der Waals surface area contributed by atoms with E-state index < -0.39 is 10.0 Å². The third-order valence-corrected chi connectivity index (χ3v) is 8.75. The molecule has 1 fully saturated rings. The molecule has 1 amide bonds. The Hall–Kier alpha value is -2.16. The summed E-state index contributed by atoms with van der Waals surface area (Å²) in [4.78, 5) is 14.4. The van der Waals surface area contributed by atoms with Crippen molar-refractivity contribution in [3.05, 3.63) is 52.9 Å². The van der Waals surface area contributed by atoms with Gasteiger partial charge < -0.3 is 9.88 Å². The molecular weight excluding hydrogens is 430 g/mol. The van der Waals surface area contributed by atoms with Crippen LogP contribution in [0.5, 0.6) is 0 Å². The number of piperidine rings is 1. The lowest BCUT2D eigenvalue weighted by Crippen LogP contribution is -2.35. The zero-order valence-corrected chi connectivity index (χ0v) is 19.4. The van der Waals surface area contributed by atoms with E-state index in [9.17, 15) is 13.2 Å². The fourth-order valence-corrected chi connectivity index (χ4v) is 6.48. The van der Waals surface area contributed by atoms with Crippen molar-refractivity contribution in [1.82, 2.24) is 14.2 Å². The zero-order chi connectivity index (χ0) is 21.8. The molecule has 1 aromatic carbocycles. The van der Waals surface area contributed by atoms with E-state index >= 15 is 0 Å². The number of carbonyl (C=O) groups excluding carboxylic acids is 1. The van der Waals surface area contributed by atoms with Gasteiger partial charge in [0.25, 0.3) is 0 Å². The first-order valence-electron chi connectivity index (χ1n) is 10.9. The number of carbonyl (C=O) groups is 1. The van der Waals surface area contributed by atoms with Crippen LogP contribution in [0.2, 0.25) is 0 Å². The van der Waals surface area contributed by atoms with Crippen molar-refractivity contribution in [2.24, 2.45) is 0 Å². The maximum atomic E-state index is 13.0. The van der Waals surface area contributed by atoms with Crippen molar-refractivity contribution in [3.8, 4) is 0 Å². The fourth-order valence-electron chi connectivity index (χ4n) is 4.22. The molecule has 6 nitrogen and oxygen atoms in total. The highest BCUT2D eigenvalue weighted by Crippen LogP contribution is 2.27. The first kappa shape index (κ1) is 22.0. The predicted molar refractivity (Wildman–Crippen MR) is 125 cm³/mol. The summed E-state index contributed by atoms with van der Waals surface area (Å²) in [6.45, 7) is 3.77. The summed E-state index contributed by atoms with van der Waals surface area (Å²) >= 11 is 1.69. The van der Waals surface area contributed by atoms with Crippen LogP contribution in [0.3, 0.4) is 0 Å². The average molecular weight is 460 g/mol. The number of thiophene rings is 1. The van der Waals surface area contributed by atoms with Crippen LogP contribution in [-0.2, 0) is 21.2 Å². The van der Waals surface area contributed by atoms with E-state index in [1.807, 2.05) is 41.3 Å². The maximum Gasteiger partial charge on any atom is 0.243 e. The molecule has 0 spiro atoms. The van der Waals surface area contributed by atoms with Gasteiger partial charge in [-0.2, -0.15) is 4.31 Å². The van der Waals surface area contributed by atoms with Crippen molar-refractivity contribution in [2.75, 3.05) is 19.6 Å². The summed E-state index contributed by atoms with van der Waals surface area (Å²) in [5.41, 5.74) is 0.873. The molecule has 1 N–H and O–H groups in total. The van der Waals surface area contributed by atoms with Crippen LogP contribution in [0.4, 0.5) is 0 Å². The van der Waals surface area contributed by atoms with Crippen molar-refractivity contribution in [2.45, 2.75) is 50.0 Å². The van der Waals surface area contributed by atoms with Crippen molar-refractivity contribution in [3.63, 3.8) is 0 Å². The van der Waals surface area contributed by atoms with E-state index in [-0.39, 0.29) is 11.9 Å². The number of rotatable bonds is 8. The number of fused-ring (bicyclic) bond motifs is 1. The largest absolute Gasteiger partial charge is 0.354 e. The van der Waals surface area contributed by atoms with Gasteiger partial charge in [-0.05, 0) is 61.4 Å². The van der Waals surface area contributed by atoms with Crippen LogP contribution in [0, 0.1) is 0 Å². The Morgan fingerprint density at radius 3 is 2.68 bits per heavy atom. The molecule has 1 saturated heterocycles. The Kier molecular flexibility index (Phi) is 6.79. The summed E-state index contributed by atoms with van der Waals surface area (Å²) in [7, 11) is -3.47. The molecule has 1 aliphatic rings. The molecule has 1 unspecified atom stereocenters. The molecule has 0 radical (unpaired) electrons. The Balaban J connectivity index is 1.51. The van der Waals surface area contributed by atoms with Gasteiger partial charge in [-0.3, -0.25) is 4.79 Å². The van der Waals surface area contributed by atoms with Crippen LogP contribution in [0.25, 0.3) is 10.9 Å². The van der Waals surface area contributed by atoms with Crippen LogP contribution in [0.1, 0.15) is 43.5 Å². The lowest BCUT2D eigenvalue weighted by molar-refractivity contribution is -0.124. The third-order valence-electron chi connectivity index (χ3n) is 5.92. The SMILES string of the molecule is CCC(C(=O)NCCc1cccs1)n1ccc2cc(S(=O)(=O)N3CCCCC3)ccc21. The molecule has 3 heterocycles. The predicted octanol–water partition coefficient (Wildman–Crippen LogP) is 4.19. The number of hydrogen-bond donors (Lipinski definition) is 1. The van der Waals surface area contributed by atoms with Gasteiger partial charge >= 0.3 is 0 Å². The molecule has 3 aromatic rings. The number of benzene rings is 1. The fraction of sp³-hybridized carbons (Fsp3) is 0.435. The summed E-state index contributed by atoms with van der Waals surface area (Å²) in [5.74, 6) is -0.0124. The number of sulfonamides is 1. The van der Waals surface area contributed by atoms with Gasteiger partial charge in [-0.1, -0.05) is 19.4 Å². The normalized spacial score (nSPS) is 16.4. The van der Waals surface area contributed by atoms with Crippen LogP contribution in [0.15, 0.2) is 52.9 Å². The van der Waals surface area contributed by atoms with Gasteiger partial charge in [-0.15, -0.1) is 11.3 Å². The molecule has 0 saturated carbocycles. The number of nitrogens with one attached hydrogen (secondary N) is 1. The lowest BCUT2D eigenvalue weighted by Gasteiger charge is -2.26. The summed E-state index contributed by atoms with van der Waals surface area (Å²) in [5, 5.41) is 5.92. The lowest BCUT2D eigenvalue weighted by atomic mass is 10.2. The van der Waals surface area contributed by atoms with Crippen molar-refractivity contribution < 1.29 is 13.2 Å². The van der Waals surface area contributed by atoms with Crippen molar-refractivity contribution in [1.29, 1.82) is 0 Å². The summed E-state index contributed by atoms with van der Waals surface area (Å²) in [6.07, 6.45) is 6.28. The molecule has 4 rings (SSSR count). The minimum atomic E-state index is -3.47. The van der Waals surface area contributed by atoms with E-state index in [1.165, 1.54) is 4.88 Å².